The Morgan fingerprint density at radius 1 is 1.13 bits per heavy atom. The maximum atomic E-state index is 15.2. The van der Waals surface area contributed by atoms with Crippen molar-refractivity contribution in [1.82, 2.24) is 15.1 Å². The van der Waals surface area contributed by atoms with Gasteiger partial charge < -0.3 is 10.1 Å². The molecule has 2 heterocycles. The number of carbonyl (C=O) groups excluding carboxylic acids is 2. The maximum absolute atomic E-state index is 15.2. The molecule has 3 aliphatic rings. The summed E-state index contributed by atoms with van der Waals surface area (Å²) in [6.45, 7) is 7.18. The lowest BCUT2D eigenvalue weighted by atomic mass is 9.96. The minimum Gasteiger partial charge on any atom is -0.444 e. The predicted molar refractivity (Wildman–Crippen MR) is 141 cm³/mol. The summed E-state index contributed by atoms with van der Waals surface area (Å²) in [6.07, 6.45) is 1.99. The van der Waals surface area contributed by atoms with Crippen LogP contribution >= 0.6 is 0 Å². The molecule has 38 heavy (non-hydrogen) atoms. The van der Waals surface area contributed by atoms with Crippen LogP contribution in [-0.4, -0.2) is 52.6 Å². The molecular weight excluding hydrogens is 483 g/mol. The van der Waals surface area contributed by atoms with Crippen molar-refractivity contribution in [3.05, 3.63) is 58.9 Å². The van der Waals surface area contributed by atoms with Crippen LogP contribution in [-0.2, 0) is 29.0 Å². The van der Waals surface area contributed by atoms with Crippen molar-refractivity contribution in [2.75, 3.05) is 7.05 Å². The predicted octanol–water partition coefficient (Wildman–Crippen LogP) is 4.78. The number of rotatable bonds is 5. The number of piperidine rings is 1. The summed E-state index contributed by atoms with van der Waals surface area (Å²) >= 11 is 0. The summed E-state index contributed by atoms with van der Waals surface area (Å²) in [5, 5.41) is 12.6. The smallest absolute Gasteiger partial charge is 0.411 e. The molecule has 8 heteroatoms. The Hall–Kier alpha value is -3.44. The molecule has 5 rings (SSSR count). The summed E-state index contributed by atoms with van der Waals surface area (Å²) in [6, 6.07) is 11.7. The lowest BCUT2D eigenvalue weighted by Gasteiger charge is -2.35. The molecule has 2 bridgehead atoms. The van der Waals surface area contributed by atoms with Gasteiger partial charge in [0.25, 0.3) is 0 Å². The third-order valence-corrected chi connectivity index (χ3v) is 7.83. The second kappa shape index (κ2) is 10.0. The van der Waals surface area contributed by atoms with Crippen molar-refractivity contribution in [2.45, 2.75) is 83.3 Å². The van der Waals surface area contributed by atoms with Gasteiger partial charge in [-0.05, 0) is 92.9 Å². The zero-order valence-corrected chi connectivity index (χ0v) is 22.5. The summed E-state index contributed by atoms with van der Waals surface area (Å²) in [7, 11) is 2.07. The van der Waals surface area contributed by atoms with Crippen molar-refractivity contribution >= 4 is 12.0 Å². The van der Waals surface area contributed by atoms with Crippen LogP contribution in [0.4, 0.5) is 9.18 Å². The van der Waals surface area contributed by atoms with Crippen LogP contribution in [0.1, 0.15) is 56.7 Å². The van der Waals surface area contributed by atoms with E-state index in [-0.39, 0.29) is 24.3 Å². The van der Waals surface area contributed by atoms with Gasteiger partial charge in [-0.25, -0.2) is 9.18 Å². The van der Waals surface area contributed by atoms with Crippen molar-refractivity contribution in [3.63, 3.8) is 0 Å². The van der Waals surface area contributed by atoms with Crippen molar-refractivity contribution in [1.29, 1.82) is 5.26 Å². The third-order valence-electron chi connectivity index (χ3n) is 7.83. The van der Waals surface area contributed by atoms with Crippen molar-refractivity contribution < 1.29 is 18.7 Å². The number of benzene rings is 2. The molecule has 2 aromatic carbocycles. The van der Waals surface area contributed by atoms with Gasteiger partial charge in [0.2, 0.25) is 5.91 Å². The lowest BCUT2D eigenvalue weighted by Crippen LogP contribution is -2.55. The van der Waals surface area contributed by atoms with E-state index >= 15 is 4.39 Å². The molecule has 2 amide bonds. The van der Waals surface area contributed by atoms with Crippen LogP contribution in [0.25, 0.3) is 11.1 Å². The van der Waals surface area contributed by atoms with Gasteiger partial charge in [-0.1, -0.05) is 24.3 Å². The summed E-state index contributed by atoms with van der Waals surface area (Å²) < 4.78 is 20.7. The highest BCUT2D eigenvalue weighted by Gasteiger charge is 2.52. The Balaban J connectivity index is 1.27. The molecule has 4 atom stereocenters. The van der Waals surface area contributed by atoms with E-state index < -0.39 is 29.6 Å². The summed E-state index contributed by atoms with van der Waals surface area (Å²) in [4.78, 5) is 30.0. The highest BCUT2D eigenvalue weighted by atomic mass is 19.1. The van der Waals surface area contributed by atoms with E-state index in [4.69, 9.17) is 4.74 Å². The molecule has 1 N–H and O–H groups in total. The average molecular weight is 519 g/mol. The Kier molecular flexibility index (Phi) is 6.91. The Bertz CT molecular complexity index is 1300. The minimum atomic E-state index is -0.919. The maximum Gasteiger partial charge on any atom is 0.411 e. The number of likely N-dealkylation sites (tertiary alicyclic amines) is 1. The largest absolute Gasteiger partial charge is 0.444 e. The van der Waals surface area contributed by atoms with Crippen LogP contribution in [0.15, 0.2) is 36.4 Å². The van der Waals surface area contributed by atoms with E-state index in [0.29, 0.717) is 5.56 Å². The average Bonchev–Trinajstić information content (AvgIpc) is 3.56. The number of nitriles is 1. The van der Waals surface area contributed by atoms with Crippen LogP contribution in [0.5, 0.6) is 0 Å². The normalized spacial score (nSPS) is 23.2. The molecule has 7 nitrogen and oxygen atoms in total. The lowest BCUT2D eigenvalue weighted by molar-refractivity contribution is -0.128. The Morgan fingerprint density at radius 2 is 1.84 bits per heavy atom. The fourth-order valence-electron chi connectivity index (χ4n) is 6.15. The molecule has 0 unspecified atom stereocenters. The number of carbonyl (C=O) groups is 2. The number of ether oxygens (including phenoxy) is 1. The summed E-state index contributed by atoms with van der Waals surface area (Å²) in [5.74, 6) is -0.755. The first kappa shape index (κ1) is 26.2. The fourth-order valence-corrected chi connectivity index (χ4v) is 6.15. The highest BCUT2D eigenvalue weighted by molar-refractivity contribution is 5.87. The molecule has 1 saturated heterocycles. The first-order valence-corrected chi connectivity index (χ1v) is 13.3. The van der Waals surface area contributed by atoms with Crippen LogP contribution in [0.3, 0.4) is 0 Å². The number of fused-ring (bicyclic) bond motifs is 3. The van der Waals surface area contributed by atoms with Gasteiger partial charge in [-0.15, -0.1) is 0 Å². The molecule has 0 radical (unpaired) electrons. The zero-order chi connectivity index (χ0) is 27.2. The van der Waals surface area contributed by atoms with Crippen LogP contribution < -0.4 is 5.32 Å². The first-order valence-electron chi connectivity index (χ1n) is 13.3. The van der Waals surface area contributed by atoms with E-state index in [0.717, 1.165) is 43.5 Å². The monoisotopic (exact) mass is 518 g/mol. The van der Waals surface area contributed by atoms with E-state index in [2.05, 4.69) is 35.5 Å². The molecule has 1 aliphatic carbocycles. The van der Waals surface area contributed by atoms with E-state index in [1.54, 1.807) is 31.7 Å². The topological polar surface area (TPSA) is 85.7 Å². The number of amides is 2. The van der Waals surface area contributed by atoms with Crippen molar-refractivity contribution in [2.24, 2.45) is 5.92 Å². The van der Waals surface area contributed by atoms with E-state index in [1.165, 1.54) is 17.2 Å². The standard InChI is InChI=1S/C30H35FN4O3/c1-30(2,3)38-29(37)35-25-10-9-21(13-25)27(35)28(36)33-24(15-32)12-20-7-5-19(14-26(20)31)18-6-8-22-16-34(4)17-23(22)11-18/h5-8,11,14,21,24-25,27H,9-10,12-13,16-17H2,1-4H3,(H,33,36)/t21-,24-,25+,27-/m0/s1. The highest BCUT2D eigenvalue weighted by Crippen LogP contribution is 2.43. The van der Waals surface area contributed by atoms with Crippen LogP contribution in [0, 0.1) is 23.1 Å². The van der Waals surface area contributed by atoms with E-state index in [1.807, 2.05) is 12.1 Å². The second-order valence-electron chi connectivity index (χ2n) is 11.9. The Morgan fingerprint density at radius 3 is 2.55 bits per heavy atom. The van der Waals surface area contributed by atoms with Gasteiger partial charge >= 0.3 is 6.09 Å². The van der Waals surface area contributed by atoms with Crippen LogP contribution in [0.2, 0.25) is 0 Å². The molecule has 0 aromatic heterocycles. The molecule has 2 fully saturated rings. The summed E-state index contributed by atoms with van der Waals surface area (Å²) in [5.41, 5.74) is 3.96. The van der Waals surface area contributed by atoms with Gasteiger partial charge in [-0.2, -0.15) is 5.26 Å². The SMILES string of the molecule is CN1Cc2ccc(-c3ccc(C[C@@H](C#N)NC(=O)[C@@H]4[C@H]5CC[C@H](C5)N4C(=O)OC(C)(C)C)c(F)c3)cc2C1. The van der Waals surface area contributed by atoms with Gasteiger partial charge in [0.1, 0.15) is 23.5 Å². The molecule has 2 aromatic rings. The van der Waals surface area contributed by atoms with Crippen molar-refractivity contribution in [3.8, 4) is 17.2 Å². The molecule has 2 aliphatic heterocycles. The Labute approximate surface area is 223 Å². The number of hydrogen-bond acceptors (Lipinski definition) is 5. The van der Waals surface area contributed by atoms with Gasteiger partial charge in [0.05, 0.1) is 6.07 Å². The molecule has 0 spiro atoms. The molecular formula is C30H35FN4O3. The number of nitrogens with zero attached hydrogens (tertiary/aromatic N) is 3. The quantitative estimate of drug-likeness (QED) is 0.616. The van der Waals surface area contributed by atoms with Gasteiger partial charge in [-0.3, -0.25) is 14.6 Å². The van der Waals surface area contributed by atoms with Gasteiger partial charge in [0, 0.05) is 25.6 Å². The third kappa shape index (κ3) is 5.25. The second-order valence-corrected chi connectivity index (χ2v) is 11.9. The number of halogens is 1. The first-order chi connectivity index (χ1) is 18.0. The molecule has 200 valence electrons. The zero-order valence-electron chi connectivity index (χ0n) is 22.5. The molecule has 1 saturated carbocycles. The number of nitrogens with one attached hydrogen (secondary N) is 1. The minimum absolute atomic E-state index is 0.0317. The number of hydrogen-bond donors (Lipinski definition) is 1. The fraction of sp³-hybridized carbons (Fsp3) is 0.500. The van der Waals surface area contributed by atoms with Gasteiger partial charge in [0.15, 0.2) is 0 Å². The van der Waals surface area contributed by atoms with E-state index in [9.17, 15) is 14.9 Å².